The molecule has 0 atom stereocenters. The molecule has 0 aliphatic heterocycles. The van der Waals surface area contributed by atoms with E-state index in [-0.39, 0.29) is 0 Å². The lowest BCUT2D eigenvalue weighted by molar-refractivity contribution is 0.100. The maximum absolute atomic E-state index is 11.2. The van der Waals surface area contributed by atoms with E-state index < -0.39 is 5.91 Å². The maximum atomic E-state index is 11.2. The van der Waals surface area contributed by atoms with Crippen molar-refractivity contribution in [3.63, 3.8) is 0 Å². The number of azide groups is 1. The number of carbonyl (C=O) groups is 1. The molecule has 0 unspecified atom stereocenters. The van der Waals surface area contributed by atoms with Crippen LogP contribution in [0.1, 0.15) is 10.4 Å². The van der Waals surface area contributed by atoms with E-state index >= 15 is 0 Å². The zero-order valence-electron chi connectivity index (χ0n) is 7.03. The molecule has 0 radical (unpaired) electrons. The minimum atomic E-state index is -0.599. The Labute approximate surface area is 78.4 Å². The van der Waals surface area contributed by atoms with Crippen molar-refractivity contribution >= 4 is 11.6 Å². The van der Waals surface area contributed by atoms with Crippen molar-refractivity contribution in [1.82, 2.24) is 9.38 Å². The second kappa shape index (κ2) is 3.20. The molecule has 1 amide bonds. The van der Waals surface area contributed by atoms with E-state index in [2.05, 4.69) is 15.0 Å². The van der Waals surface area contributed by atoms with Crippen molar-refractivity contribution in [1.29, 1.82) is 0 Å². The molecule has 0 N–H and O–H groups in total. The Balaban J connectivity index is 2.53. The van der Waals surface area contributed by atoms with Gasteiger partial charge in [0.15, 0.2) is 0 Å². The molecule has 2 aromatic rings. The Morgan fingerprint density at radius 1 is 1.57 bits per heavy atom. The predicted molar refractivity (Wildman–Crippen MR) is 48.7 cm³/mol. The molecular formula is C8H5N5O. The molecule has 2 heterocycles. The van der Waals surface area contributed by atoms with E-state index in [1.165, 1.54) is 0 Å². The van der Waals surface area contributed by atoms with E-state index in [4.69, 9.17) is 5.53 Å². The molecule has 2 aromatic heterocycles. The van der Waals surface area contributed by atoms with Crippen LogP contribution in [0, 0.1) is 0 Å². The normalized spacial score (nSPS) is 9.71. The van der Waals surface area contributed by atoms with E-state index in [1.807, 2.05) is 0 Å². The third-order valence-electron chi connectivity index (χ3n) is 1.78. The number of hydrogen-bond donors (Lipinski definition) is 0. The topological polar surface area (TPSA) is 83.1 Å². The predicted octanol–water partition coefficient (Wildman–Crippen LogP) is 1.78. The van der Waals surface area contributed by atoms with Crippen LogP contribution in [0.5, 0.6) is 0 Å². The summed E-state index contributed by atoms with van der Waals surface area (Å²) in [5.74, 6) is -0.599. The Hall–Kier alpha value is -2.33. The van der Waals surface area contributed by atoms with E-state index in [0.717, 1.165) is 0 Å². The molecule has 68 valence electrons. The molecule has 0 spiro atoms. The van der Waals surface area contributed by atoms with Gasteiger partial charge in [0.25, 0.3) is 0 Å². The number of pyridine rings is 1. The van der Waals surface area contributed by atoms with Gasteiger partial charge < -0.3 is 4.40 Å². The van der Waals surface area contributed by atoms with Gasteiger partial charge in [-0.2, -0.15) is 0 Å². The lowest BCUT2D eigenvalue weighted by Gasteiger charge is -1.95. The zero-order valence-corrected chi connectivity index (χ0v) is 7.03. The van der Waals surface area contributed by atoms with E-state index in [1.54, 1.807) is 35.1 Å². The Kier molecular flexibility index (Phi) is 1.89. The number of rotatable bonds is 1. The second-order valence-electron chi connectivity index (χ2n) is 2.60. The van der Waals surface area contributed by atoms with Gasteiger partial charge in [0.2, 0.25) is 5.91 Å². The second-order valence-corrected chi connectivity index (χ2v) is 2.60. The van der Waals surface area contributed by atoms with Gasteiger partial charge in [-0.05, 0) is 22.8 Å². The number of fused-ring (bicyclic) bond motifs is 1. The number of hydrogen-bond acceptors (Lipinski definition) is 2. The Morgan fingerprint density at radius 3 is 3.21 bits per heavy atom. The fraction of sp³-hybridized carbons (Fsp3) is 0. The first-order chi connectivity index (χ1) is 6.81. The van der Waals surface area contributed by atoms with Crippen LogP contribution in [-0.2, 0) is 0 Å². The molecule has 6 nitrogen and oxygen atoms in total. The van der Waals surface area contributed by atoms with Crippen LogP contribution >= 0.6 is 0 Å². The summed E-state index contributed by atoms with van der Waals surface area (Å²) in [7, 11) is 0. The summed E-state index contributed by atoms with van der Waals surface area (Å²) < 4.78 is 1.76. The number of aromatic nitrogens is 2. The molecule has 0 bridgehead atoms. The first-order valence-corrected chi connectivity index (χ1v) is 3.83. The number of carbonyl (C=O) groups excluding carboxylic acids is 1. The minimum Gasteiger partial charge on any atom is -0.307 e. The summed E-state index contributed by atoms with van der Waals surface area (Å²) >= 11 is 0. The summed E-state index contributed by atoms with van der Waals surface area (Å²) in [6, 6.07) is 3.14. The third kappa shape index (κ3) is 1.30. The van der Waals surface area contributed by atoms with Crippen LogP contribution in [0.2, 0.25) is 0 Å². The van der Waals surface area contributed by atoms with Crippen LogP contribution < -0.4 is 0 Å². The average Bonchev–Trinajstić information content (AvgIpc) is 2.64. The van der Waals surface area contributed by atoms with Crippen LogP contribution in [0.25, 0.3) is 16.1 Å². The summed E-state index contributed by atoms with van der Waals surface area (Å²) in [5, 5.41) is 2.99. The molecular weight excluding hydrogens is 182 g/mol. The first-order valence-electron chi connectivity index (χ1n) is 3.83. The molecule has 2 rings (SSSR count). The highest BCUT2D eigenvalue weighted by Gasteiger charge is 2.03. The van der Waals surface area contributed by atoms with Crippen molar-refractivity contribution in [2.75, 3.05) is 0 Å². The molecule has 0 aliphatic carbocycles. The van der Waals surface area contributed by atoms with Crippen molar-refractivity contribution in [2.45, 2.75) is 0 Å². The standard InChI is InChI=1S/C8H5N5O/c9-12-11-8(14)6-1-3-13-4-2-10-7(13)5-6/h1-5H. The summed E-state index contributed by atoms with van der Waals surface area (Å²) in [6.45, 7) is 0. The van der Waals surface area contributed by atoms with Gasteiger partial charge in [-0.15, -0.1) is 0 Å². The maximum Gasteiger partial charge on any atom is 0.249 e. The van der Waals surface area contributed by atoms with Crippen LogP contribution in [0.3, 0.4) is 0 Å². The summed E-state index contributed by atoms with van der Waals surface area (Å²) in [6.07, 6.45) is 5.07. The van der Waals surface area contributed by atoms with Gasteiger partial charge in [-0.25, -0.2) is 4.98 Å². The van der Waals surface area contributed by atoms with E-state index in [0.29, 0.717) is 11.2 Å². The minimum absolute atomic E-state index is 0.335. The quantitative estimate of drug-likeness (QED) is 0.387. The van der Waals surface area contributed by atoms with Gasteiger partial charge in [0.05, 0.1) is 0 Å². The molecule has 14 heavy (non-hydrogen) atoms. The number of imidazole rings is 1. The van der Waals surface area contributed by atoms with Crippen LogP contribution in [0.4, 0.5) is 0 Å². The molecule has 0 saturated heterocycles. The van der Waals surface area contributed by atoms with Gasteiger partial charge >= 0.3 is 0 Å². The van der Waals surface area contributed by atoms with Gasteiger partial charge in [0.1, 0.15) is 5.65 Å². The fourth-order valence-corrected chi connectivity index (χ4v) is 1.14. The van der Waals surface area contributed by atoms with Crippen molar-refractivity contribution in [2.24, 2.45) is 5.11 Å². The third-order valence-corrected chi connectivity index (χ3v) is 1.78. The van der Waals surface area contributed by atoms with E-state index in [9.17, 15) is 4.79 Å². The van der Waals surface area contributed by atoms with Crippen molar-refractivity contribution in [3.05, 3.63) is 46.7 Å². The SMILES string of the molecule is [N-]=[N+]=NC(=O)c1ccn2ccnc2c1. The molecule has 0 aliphatic rings. The number of amides is 1. The molecule has 0 aromatic carbocycles. The van der Waals surface area contributed by atoms with Gasteiger partial charge in [0, 0.05) is 29.1 Å². The van der Waals surface area contributed by atoms with Gasteiger partial charge in [-0.1, -0.05) is 0 Å². The largest absolute Gasteiger partial charge is 0.307 e. The Morgan fingerprint density at radius 2 is 2.43 bits per heavy atom. The average molecular weight is 187 g/mol. The first kappa shape index (κ1) is 8.28. The smallest absolute Gasteiger partial charge is 0.249 e. The fourth-order valence-electron chi connectivity index (χ4n) is 1.14. The highest BCUT2D eigenvalue weighted by molar-refractivity contribution is 5.95. The molecule has 6 heteroatoms. The van der Waals surface area contributed by atoms with Crippen molar-refractivity contribution in [3.8, 4) is 0 Å². The highest BCUT2D eigenvalue weighted by atomic mass is 16.1. The monoisotopic (exact) mass is 187 g/mol. The summed E-state index contributed by atoms with van der Waals surface area (Å²) in [5.41, 5.74) is 9.07. The lowest BCUT2D eigenvalue weighted by atomic mass is 10.2. The van der Waals surface area contributed by atoms with Crippen molar-refractivity contribution < 1.29 is 4.79 Å². The molecule has 0 saturated carbocycles. The Bertz CT molecular complexity index is 537. The van der Waals surface area contributed by atoms with Crippen LogP contribution in [0.15, 0.2) is 35.8 Å². The lowest BCUT2D eigenvalue weighted by Crippen LogP contribution is -1.94. The highest BCUT2D eigenvalue weighted by Crippen LogP contribution is 2.06. The zero-order chi connectivity index (χ0) is 9.97. The van der Waals surface area contributed by atoms with Crippen LogP contribution in [-0.4, -0.2) is 15.3 Å². The van der Waals surface area contributed by atoms with Gasteiger partial charge in [-0.3, -0.25) is 4.79 Å². The molecule has 0 fully saturated rings. The summed E-state index contributed by atoms with van der Waals surface area (Å²) in [4.78, 5) is 17.6. The number of nitrogens with zero attached hydrogens (tertiary/aromatic N) is 5.